The van der Waals surface area contributed by atoms with Crippen molar-refractivity contribution in [2.24, 2.45) is 0 Å². The van der Waals surface area contributed by atoms with E-state index in [1.165, 1.54) is 6.07 Å². The lowest BCUT2D eigenvalue weighted by Crippen LogP contribution is -2.35. The summed E-state index contributed by atoms with van der Waals surface area (Å²) in [6.45, 7) is 6.74. The van der Waals surface area contributed by atoms with Crippen LogP contribution in [0.1, 0.15) is 31.1 Å². The second kappa shape index (κ2) is 5.87. The van der Waals surface area contributed by atoms with Crippen molar-refractivity contribution in [3.8, 4) is 0 Å². The maximum Gasteiger partial charge on any atom is 0.179 e. The molecule has 0 spiro atoms. The first-order chi connectivity index (χ1) is 7.95. The summed E-state index contributed by atoms with van der Waals surface area (Å²) in [6.07, 6.45) is 0. The molecule has 0 aliphatic carbocycles. The van der Waals surface area contributed by atoms with Crippen molar-refractivity contribution < 1.29 is 13.6 Å². The molecule has 0 aliphatic heterocycles. The van der Waals surface area contributed by atoms with Gasteiger partial charge in [0.1, 0.15) is 11.6 Å². The first-order valence-corrected chi connectivity index (χ1v) is 5.68. The molecule has 2 nitrogen and oxygen atoms in total. The predicted octanol–water partition coefficient (Wildman–Crippen LogP) is 2.88. The number of halogens is 2. The Kier molecular flexibility index (Phi) is 4.75. The average molecular weight is 241 g/mol. The number of rotatable bonds is 5. The van der Waals surface area contributed by atoms with Gasteiger partial charge in [0.05, 0.1) is 12.1 Å². The number of likely N-dealkylation sites (N-methyl/N-ethyl adjacent to an activating group) is 1. The van der Waals surface area contributed by atoms with Gasteiger partial charge in [-0.1, -0.05) is 6.92 Å². The van der Waals surface area contributed by atoms with E-state index < -0.39 is 11.6 Å². The minimum Gasteiger partial charge on any atom is -0.294 e. The summed E-state index contributed by atoms with van der Waals surface area (Å²) in [5.41, 5.74) is -0.0505. The van der Waals surface area contributed by atoms with Gasteiger partial charge in [0.15, 0.2) is 5.78 Å². The van der Waals surface area contributed by atoms with Gasteiger partial charge in [-0.15, -0.1) is 0 Å². The Labute approximate surface area is 100 Å². The highest BCUT2D eigenvalue weighted by atomic mass is 19.1. The number of benzene rings is 1. The Balaban J connectivity index is 2.82. The summed E-state index contributed by atoms with van der Waals surface area (Å²) in [6, 6.07) is 3.25. The third-order valence-corrected chi connectivity index (χ3v) is 2.71. The molecule has 0 unspecified atom stereocenters. The molecule has 0 fully saturated rings. The van der Waals surface area contributed by atoms with Crippen LogP contribution in [-0.4, -0.2) is 29.8 Å². The van der Waals surface area contributed by atoms with Crippen LogP contribution in [0.2, 0.25) is 0 Å². The van der Waals surface area contributed by atoms with Gasteiger partial charge in [-0.05, 0) is 32.5 Å². The fraction of sp³-hybridized carbons (Fsp3) is 0.462. The highest BCUT2D eigenvalue weighted by Crippen LogP contribution is 2.11. The first kappa shape index (κ1) is 13.8. The second-order valence-corrected chi connectivity index (χ2v) is 4.20. The smallest absolute Gasteiger partial charge is 0.179 e. The molecule has 0 atom stereocenters. The molecule has 0 amide bonds. The zero-order valence-electron chi connectivity index (χ0n) is 10.3. The molecular formula is C13H17F2NO. The lowest BCUT2D eigenvalue weighted by molar-refractivity contribution is 0.0907. The summed E-state index contributed by atoms with van der Waals surface area (Å²) in [5, 5.41) is 0. The fourth-order valence-corrected chi connectivity index (χ4v) is 1.64. The minimum atomic E-state index is -0.796. The number of carbonyl (C=O) groups excluding carboxylic acids is 1. The fourth-order valence-electron chi connectivity index (χ4n) is 1.64. The van der Waals surface area contributed by atoms with Crippen molar-refractivity contribution in [3.63, 3.8) is 0 Å². The number of hydrogen-bond donors (Lipinski definition) is 0. The lowest BCUT2D eigenvalue weighted by atomic mass is 10.1. The average Bonchev–Trinajstić information content (AvgIpc) is 2.24. The van der Waals surface area contributed by atoms with Crippen LogP contribution in [0.4, 0.5) is 8.78 Å². The Bertz CT molecular complexity index is 404. The van der Waals surface area contributed by atoms with E-state index in [9.17, 15) is 13.6 Å². The van der Waals surface area contributed by atoms with E-state index in [-0.39, 0.29) is 23.9 Å². The molecule has 0 aliphatic rings. The quantitative estimate of drug-likeness (QED) is 0.739. The number of nitrogens with zero attached hydrogens (tertiary/aromatic N) is 1. The van der Waals surface area contributed by atoms with Crippen molar-refractivity contribution in [1.29, 1.82) is 0 Å². The maximum absolute atomic E-state index is 13.4. The van der Waals surface area contributed by atoms with Crippen molar-refractivity contribution in [2.45, 2.75) is 26.8 Å². The van der Waals surface area contributed by atoms with E-state index in [0.29, 0.717) is 6.54 Å². The highest BCUT2D eigenvalue weighted by Gasteiger charge is 2.17. The van der Waals surface area contributed by atoms with Crippen LogP contribution in [0.25, 0.3) is 0 Å². The molecule has 0 aromatic heterocycles. The number of carbonyl (C=O) groups is 1. The van der Waals surface area contributed by atoms with Gasteiger partial charge in [-0.2, -0.15) is 0 Å². The third-order valence-electron chi connectivity index (χ3n) is 2.71. The summed E-state index contributed by atoms with van der Waals surface area (Å²) in [5.74, 6) is -1.79. The monoisotopic (exact) mass is 241 g/mol. The SMILES string of the molecule is CCN(CC(=O)c1ccc(F)cc1F)C(C)C. The van der Waals surface area contributed by atoms with Gasteiger partial charge in [-0.3, -0.25) is 9.69 Å². The number of hydrogen-bond acceptors (Lipinski definition) is 2. The number of ketones is 1. The molecule has 0 radical (unpaired) electrons. The summed E-state index contributed by atoms with van der Waals surface area (Å²) >= 11 is 0. The van der Waals surface area contributed by atoms with Gasteiger partial charge < -0.3 is 0 Å². The lowest BCUT2D eigenvalue weighted by Gasteiger charge is -2.23. The molecule has 0 saturated carbocycles. The second-order valence-electron chi connectivity index (χ2n) is 4.20. The van der Waals surface area contributed by atoms with Crippen LogP contribution in [0.5, 0.6) is 0 Å². The predicted molar refractivity (Wildman–Crippen MR) is 63.1 cm³/mol. The van der Waals surface area contributed by atoms with Gasteiger partial charge in [0, 0.05) is 12.1 Å². The molecule has 0 saturated heterocycles. The molecule has 0 heterocycles. The summed E-state index contributed by atoms with van der Waals surface area (Å²) in [4.78, 5) is 13.8. The van der Waals surface area contributed by atoms with Gasteiger partial charge in [-0.25, -0.2) is 8.78 Å². The van der Waals surface area contributed by atoms with Gasteiger partial charge >= 0.3 is 0 Å². The third kappa shape index (κ3) is 3.60. The summed E-state index contributed by atoms with van der Waals surface area (Å²) in [7, 11) is 0. The molecular weight excluding hydrogens is 224 g/mol. The van der Waals surface area contributed by atoms with E-state index in [0.717, 1.165) is 12.1 Å². The van der Waals surface area contributed by atoms with Crippen LogP contribution in [0.15, 0.2) is 18.2 Å². The number of Topliss-reactive ketones (excluding diaryl/α,β-unsaturated/α-hetero) is 1. The molecule has 0 N–H and O–H groups in total. The van der Waals surface area contributed by atoms with E-state index in [1.807, 2.05) is 25.7 Å². The zero-order chi connectivity index (χ0) is 13.0. The molecule has 0 bridgehead atoms. The Morgan fingerprint density at radius 3 is 2.47 bits per heavy atom. The Morgan fingerprint density at radius 2 is 2.00 bits per heavy atom. The van der Waals surface area contributed by atoms with Crippen LogP contribution in [0, 0.1) is 11.6 Å². The van der Waals surface area contributed by atoms with E-state index in [4.69, 9.17) is 0 Å². The van der Waals surface area contributed by atoms with Gasteiger partial charge in [0.25, 0.3) is 0 Å². The first-order valence-electron chi connectivity index (χ1n) is 5.68. The van der Waals surface area contributed by atoms with E-state index in [1.54, 1.807) is 0 Å². The largest absolute Gasteiger partial charge is 0.294 e. The van der Waals surface area contributed by atoms with Crippen molar-refractivity contribution in [1.82, 2.24) is 4.90 Å². The van der Waals surface area contributed by atoms with Crippen LogP contribution >= 0.6 is 0 Å². The van der Waals surface area contributed by atoms with Crippen LogP contribution in [-0.2, 0) is 0 Å². The normalized spacial score (nSPS) is 11.2. The molecule has 4 heteroatoms. The molecule has 1 aromatic rings. The van der Waals surface area contributed by atoms with Gasteiger partial charge in [0.2, 0.25) is 0 Å². The van der Waals surface area contributed by atoms with Crippen molar-refractivity contribution >= 4 is 5.78 Å². The molecule has 94 valence electrons. The Morgan fingerprint density at radius 1 is 1.35 bits per heavy atom. The zero-order valence-corrected chi connectivity index (χ0v) is 10.3. The van der Waals surface area contributed by atoms with Crippen LogP contribution < -0.4 is 0 Å². The van der Waals surface area contributed by atoms with E-state index >= 15 is 0 Å². The standard InChI is InChI=1S/C13H17F2NO/c1-4-16(9(2)3)8-13(17)11-6-5-10(14)7-12(11)15/h5-7,9H,4,8H2,1-3H3. The Hall–Kier alpha value is -1.29. The van der Waals surface area contributed by atoms with Crippen molar-refractivity contribution in [3.05, 3.63) is 35.4 Å². The maximum atomic E-state index is 13.4. The molecule has 1 aromatic carbocycles. The van der Waals surface area contributed by atoms with E-state index in [2.05, 4.69) is 0 Å². The molecule has 17 heavy (non-hydrogen) atoms. The van der Waals surface area contributed by atoms with Crippen LogP contribution in [0.3, 0.4) is 0 Å². The summed E-state index contributed by atoms with van der Waals surface area (Å²) < 4.78 is 26.1. The van der Waals surface area contributed by atoms with Crippen molar-refractivity contribution in [2.75, 3.05) is 13.1 Å². The molecule has 1 rings (SSSR count). The minimum absolute atomic E-state index is 0.0505. The highest BCUT2D eigenvalue weighted by molar-refractivity contribution is 5.97. The topological polar surface area (TPSA) is 20.3 Å².